The van der Waals surface area contributed by atoms with Crippen molar-refractivity contribution in [1.29, 1.82) is 0 Å². The lowest BCUT2D eigenvalue weighted by Gasteiger charge is -2.31. The summed E-state index contributed by atoms with van der Waals surface area (Å²) in [5.74, 6) is 1.65. The maximum Gasteiger partial charge on any atom is 0.225 e. The maximum atomic E-state index is 5.69. The van der Waals surface area contributed by atoms with Crippen molar-refractivity contribution < 1.29 is 0 Å². The van der Waals surface area contributed by atoms with E-state index in [1.165, 1.54) is 16.8 Å². The Hall–Kier alpha value is -2.93. The van der Waals surface area contributed by atoms with Gasteiger partial charge in [0.25, 0.3) is 0 Å². The number of fused-ring (bicyclic) bond motifs is 1. The first kappa shape index (κ1) is 24.2. The lowest BCUT2D eigenvalue weighted by atomic mass is 9.91. The van der Waals surface area contributed by atoms with Crippen LogP contribution in [0.3, 0.4) is 0 Å². The molecule has 0 radical (unpaired) electrons. The van der Waals surface area contributed by atoms with Crippen LogP contribution in [0.5, 0.6) is 0 Å². The van der Waals surface area contributed by atoms with Crippen LogP contribution in [0.15, 0.2) is 42.5 Å². The number of hydrogen-bond acceptors (Lipinski definition) is 5. The van der Waals surface area contributed by atoms with Gasteiger partial charge in [-0.2, -0.15) is 4.98 Å². The summed E-state index contributed by atoms with van der Waals surface area (Å²) < 4.78 is 0. The van der Waals surface area contributed by atoms with E-state index in [1.54, 1.807) is 0 Å². The number of rotatable bonds is 7. The minimum Gasteiger partial charge on any atom is -0.362 e. The number of hydrogen-bond donors (Lipinski definition) is 3. The molecule has 34 heavy (non-hydrogen) atoms. The van der Waals surface area contributed by atoms with Crippen molar-refractivity contribution in [3.8, 4) is 0 Å². The van der Waals surface area contributed by atoms with Crippen LogP contribution in [0.1, 0.15) is 50.7 Å². The van der Waals surface area contributed by atoms with Gasteiger partial charge in [0.15, 0.2) is 5.11 Å². The fraction of sp³-hybridized carbons (Fsp3) is 0.444. The van der Waals surface area contributed by atoms with Crippen molar-refractivity contribution >= 4 is 45.7 Å². The molecule has 0 atom stereocenters. The Balaban J connectivity index is 1.34. The van der Waals surface area contributed by atoms with Gasteiger partial charge in [-0.05, 0) is 74.0 Å². The van der Waals surface area contributed by atoms with Crippen molar-refractivity contribution in [3.63, 3.8) is 0 Å². The van der Waals surface area contributed by atoms with Crippen molar-refractivity contribution in [3.05, 3.63) is 53.6 Å². The number of para-hydroxylation sites is 2. The molecule has 3 aromatic rings. The predicted octanol–water partition coefficient (Wildman–Crippen LogP) is 5.53. The monoisotopic (exact) mass is 476 g/mol. The number of nitrogens with one attached hydrogen (secondary N) is 3. The average Bonchev–Trinajstić information content (AvgIpc) is 2.84. The molecule has 0 bridgehead atoms. The third kappa shape index (κ3) is 5.58. The van der Waals surface area contributed by atoms with Gasteiger partial charge in [0.1, 0.15) is 5.82 Å². The molecule has 1 heterocycles. The second-order valence-corrected chi connectivity index (χ2v) is 9.64. The van der Waals surface area contributed by atoms with Crippen LogP contribution in [0.4, 0.5) is 17.5 Å². The number of nitrogens with zero attached hydrogens (tertiary/aromatic N) is 3. The van der Waals surface area contributed by atoms with Gasteiger partial charge in [-0.1, -0.05) is 44.2 Å². The topological polar surface area (TPSA) is 65.1 Å². The van der Waals surface area contributed by atoms with Gasteiger partial charge in [-0.3, -0.25) is 0 Å². The lowest BCUT2D eigenvalue weighted by molar-refractivity contribution is 0.387. The van der Waals surface area contributed by atoms with E-state index in [0.29, 0.717) is 18.0 Å². The molecule has 0 spiro atoms. The van der Waals surface area contributed by atoms with Gasteiger partial charge in [0.2, 0.25) is 5.95 Å². The smallest absolute Gasteiger partial charge is 0.225 e. The predicted molar refractivity (Wildman–Crippen MR) is 148 cm³/mol. The summed E-state index contributed by atoms with van der Waals surface area (Å²) in [4.78, 5) is 11.6. The van der Waals surface area contributed by atoms with E-state index in [2.05, 4.69) is 54.1 Å². The third-order valence-corrected chi connectivity index (χ3v) is 6.86. The maximum absolute atomic E-state index is 5.69. The molecule has 3 N–H and O–H groups in total. The highest BCUT2D eigenvalue weighted by Crippen LogP contribution is 2.27. The highest BCUT2D eigenvalue weighted by Gasteiger charge is 2.23. The molecule has 0 saturated heterocycles. The molecule has 4 rings (SSSR count). The van der Waals surface area contributed by atoms with Crippen molar-refractivity contribution in [2.45, 2.75) is 64.5 Å². The van der Waals surface area contributed by atoms with E-state index in [9.17, 15) is 0 Å². The molecule has 2 aromatic carbocycles. The number of anilines is 3. The van der Waals surface area contributed by atoms with E-state index in [-0.39, 0.29) is 0 Å². The highest BCUT2D eigenvalue weighted by molar-refractivity contribution is 7.80. The molecular weight excluding hydrogens is 440 g/mol. The molecule has 1 aliphatic carbocycles. The zero-order chi connectivity index (χ0) is 24.1. The highest BCUT2D eigenvalue weighted by atomic mass is 32.1. The fourth-order valence-corrected chi connectivity index (χ4v) is 5.04. The van der Waals surface area contributed by atoms with Gasteiger partial charge in [-0.15, -0.1) is 0 Å². The quantitative estimate of drug-likeness (QED) is 0.388. The van der Waals surface area contributed by atoms with Crippen LogP contribution in [-0.4, -0.2) is 41.3 Å². The number of thiocarbonyl (C=S) groups is 1. The molecule has 1 aliphatic rings. The first-order chi connectivity index (χ1) is 16.5. The number of aryl methyl sites for hydroxylation is 2. The van der Waals surface area contributed by atoms with E-state index in [1.807, 2.05) is 37.2 Å². The summed E-state index contributed by atoms with van der Waals surface area (Å²) in [6.07, 6.45) is 6.20. The molecule has 0 amide bonds. The third-order valence-electron chi connectivity index (χ3n) is 6.64. The molecule has 6 nitrogen and oxygen atoms in total. The largest absolute Gasteiger partial charge is 0.362 e. The molecule has 1 aromatic heterocycles. The Morgan fingerprint density at radius 1 is 0.912 bits per heavy atom. The molecule has 0 unspecified atom stereocenters. The minimum absolute atomic E-state index is 0.364. The minimum atomic E-state index is 0.364. The van der Waals surface area contributed by atoms with E-state index in [4.69, 9.17) is 22.2 Å². The Morgan fingerprint density at radius 3 is 2.21 bits per heavy atom. The van der Waals surface area contributed by atoms with Gasteiger partial charge < -0.3 is 20.9 Å². The molecule has 1 saturated carbocycles. The summed E-state index contributed by atoms with van der Waals surface area (Å²) in [5.41, 5.74) is 4.76. The second kappa shape index (κ2) is 11.0. The molecule has 180 valence electrons. The molecule has 1 fully saturated rings. The molecular formula is C27H36N6S. The first-order valence-electron chi connectivity index (χ1n) is 12.4. The fourth-order valence-electron chi connectivity index (χ4n) is 4.77. The van der Waals surface area contributed by atoms with Gasteiger partial charge in [0.05, 0.1) is 5.52 Å². The van der Waals surface area contributed by atoms with Crippen molar-refractivity contribution in [2.75, 3.05) is 29.6 Å². The summed E-state index contributed by atoms with van der Waals surface area (Å²) in [5, 5.41) is 12.4. The normalized spacial score (nSPS) is 17.9. The summed E-state index contributed by atoms with van der Waals surface area (Å²) in [6, 6.07) is 15.4. The van der Waals surface area contributed by atoms with Crippen LogP contribution in [0.2, 0.25) is 0 Å². The summed E-state index contributed by atoms with van der Waals surface area (Å²) in [6.45, 7) is 4.37. The van der Waals surface area contributed by atoms with Gasteiger partial charge >= 0.3 is 0 Å². The zero-order valence-corrected chi connectivity index (χ0v) is 21.5. The van der Waals surface area contributed by atoms with Crippen molar-refractivity contribution in [2.24, 2.45) is 0 Å². The van der Waals surface area contributed by atoms with Crippen LogP contribution < -0.4 is 20.9 Å². The van der Waals surface area contributed by atoms with Crippen molar-refractivity contribution in [1.82, 2.24) is 15.3 Å². The number of benzene rings is 2. The van der Waals surface area contributed by atoms with Gasteiger partial charge in [-0.25, -0.2) is 4.98 Å². The van der Waals surface area contributed by atoms with E-state index < -0.39 is 0 Å². The summed E-state index contributed by atoms with van der Waals surface area (Å²) in [7, 11) is 4.05. The van der Waals surface area contributed by atoms with Crippen LogP contribution in [-0.2, 0) is 12.8 Å². The van der Waals surface area contributed by atoms with E-state index >= 15 is 0 Å². The van der Waals surface area contributed by atoms with Gasteiger partial charge in [0, 0.05) is 37.3 Å². The second-order valence-electron chi connectivity index (χ2n) is 9.23. The zero-order valence-electron chi connectivity index (χ0n) is 20.7. The Kier molecular flexibility index (Phi) is 7.83. The van der Waals surface area contributed by atoms with Crippen LogP contribution in [0, 0.1) is 0 Å². The SMILES string of the molecule is CCc1cccc(CC)c1NC(=S)N[C@H]1CC[C@@H](Nc2nc(N(C)C)c3ccccc3n2)CC1. The average molecular weight is 477 g/mol. The standard InChI is InChI=1S/C27H36N6S/c1-5-18-10-9-11-19(6-2)24(18)31-27(34)29-21-16-14-20(15-17-21)28-26-30-23-13-8-7-12-22(23)25(32-26)33(3)4/h7-13,20-21H,5-6,14-17H2,1-4H3,(H,28,30,32)(H2,29,31,34)/t20-,21+. The number of aromatic nitrogens is 2. The summed E-state index contributed by atoms with van der Waals surface area (Å²) >= 11 is 5.69. The van der Waals surface area contributed by atoms with Crippen LogP contribution >= 0.6 is 12.2 Å². The Morgan fingerprint density at radius 2 is 1.56 bits per heavy atom. The Bertz CT molecular complexity index is 1110. The van der Waals surface area contributed by atoms with E-state index in [0.717, 1.165) is 60.4 Å². The van der Waals surface area contributed by atoms with Crippen LogP contribution in [0.25, 0.3) is 10.9 Å². The first-order valence-corrected chi connectivity index (χ1v) is 12.8. The molecule has 0 aliphatic heterocycles. The Labute approximate surface area is 208 Å². The lowest BCUT2D eigenvalue weighted by Crippen LogP contribution is -2.42. The molecule has 7 heteroatoms.